The van der Waals surface area contributed by atoms with Gasteiger partial charge in [-0.3, -0.25) is 0 Å². The largest absolute Gasteiger partial charge is 0.490 e. The molecule has 0 atom stereocenters. The molecule has 31 heavy (non-hydrogen) atoms. The van der Waals surface area contributed by atoms with Crippen LogP contribution in [0.15, 0.2) is 48.5 Å². The van der Waals surface area contributed by atoms with Gasteiger partial charge in [-0.15, -0.1) is 0 Å². The summed E-state index contributed by atoms with van der Waals surface area (Å²) in [7, 11) is -5.10. The van der Waals surface area contributed by atoms with Crippen LogP contribution in [0.3, 0.4) is 0 Å². The molecule has 2 amide bonds. The van der Waals surface area contributed by atoms with Gasteiger partial charge in [0.05, 0.1) is 11.7 Å². The molecule has 0 aliphatic heterocycles. The first-order chi connectivity index (χ1) is 14.7. The number of benzene rings is 2. The molecule has 1 saturated carbocycles. The Morgan fingerprint density at radius 2 is 1.52 bits per heavy atom. The third-order valence-electron chi connectivity index (χ3n) is 4.72. The van der Waals surface area contributed by atoms with Gasteiger partial charge < -0.3 is 24.7 Å². The van der Waals surface area contributed by atoms with Crippen LogP contribution in [0.5, 0.6) is 11.5 Å². The van der Waals surface area contributed by atoms with Crippen LogP contribution in [0, 0.1) is 0 Å². The minimum atomic E-state index is -5.10. The summed E-state index contributed by atoms with van der Waals surface area (Å²) in [5.74, 6) is -0.593. The fourth-order valence-electron chi connectivity index (χ4n) is 3.25. The van der Waals surface area contributed by atoms with Crippen LogP contribution >= 0.6 is 0 Å². The molecule has 3 N–H and O–H groups in total. The summed E-state index contributed by atoms with van der Waals surface area (Å²) in [6.45, 7) is 0. The van der Waals surface area contributed by atoms with E-state index in [1.54, 1.807) is 12.1 Å². The Morgan fingerprint density at radius 3 is 2.06 bits per heavy atom. The number of carboxylic acid groups (broad SMARTS) is 1. The summed E-state index contributed by atoms with van der Waals surface area (Å²) in [5, 5.41) is 14.4. The Morgan fingerprint density at radius 1 is 0.935 bits per heavy atom. The number of anilines is 1. The second-order valence-corrected chi connectivity index (χ2v) is 7.97. The fourth-order valence-corrected chi connectivity index (χ4v) is 3.60. The number of nitrogens with one attached hydrogen (secondary N) is 2. The average molecular weight is 452 g/mol. The second kappa shape index (κ2) is 9.65. The van der Waals surface area contributed by atoms with Gasteiger partial charge >= 0.3 is 22.5 Å². The summed E-state index contributed by atoms with van der Waals surface area (Å²) >= 11 is 0. The van der Waals surface area contributed by atoms with E-state index in [1.807, 2.05) is 0 Å². The van der Waals surface area contributed by atoms with E-state index < -0.39 is 22.5 Å². The topological polar surface area (TPSA) is 131 Å². The van der Waals surface area contributed by atoms with Crippen LogP contribution < -0.4 is 19.6 Å². The molecule has 0 spiro atoms. The Labute approximate surface area is 178 Å². The minimum Gasteiger partial charge on any atom is -0.490 e. The first-order valence-corrected chi connectivity index (χ1v) is 10.8. The van der Waals surface area contributed by atoms with Gasteiger partial charge in [0.1, 0.15) is 11.5 Å². The lowest BCUT2D eigenvalue weighted by atomic mass is 9.93. The highest BCUT2D eigenvalue weighted by Crippen LogP contribution is 2.24. The molecule has 0 unspecified atom stereocenters. The van der Waals surface area contributed by atoms with E-state index in [1.165, 1.54) is 36.4 Å². The van der Waals surface area contributed by atoms with Gasteiger partial charge in [-0.05, 0) is 74.2 Å². The van der Waals surface area contributed by atoms with Crippen molar-refractivity contribution in [1.82, 2.24) is 5.32 Å². The summed E-state index contributed by atoms with van der Waals surface area (Å²) in [4.78, 5) is 23.1. The molecule has 3 rings (SSSR count). The van der Waals surface area contributed by atoms with Crippen molar-refractivity contribution in [2.24, 2.45) is 0 Å². The molecule has 2 aromatic carbocycles. The number of hydrogen-bond acceptors (Lipinski definition) is 6. The number of halogens is 1. The molecule has 0 bridgehead atoms. The van der Waals surface area contributed by atoms with Gasteiger partial charge in [-0.2, -0.15) is 8.42 Å². The van der Waals surface area contributed by atoms with Crippen molar-refractivity contribution in [2.75, 3.05) is 5.32 Å². The molecule has 1 aliphatic rings. The van der Waals surface area contributed by atoms with E-state index in [2.05, 4.69) is 14.8 Å². The number of carboxylic acids is 1. The van der Waals surface area contributed by atoms with Gasteiger partial charge in [-0.1, -0.05) is 3.89 Å². The predicted octanol–water partition coefficient (Wildman–Crippen LogP) is 3.49. The summed E-state index contributed by atoms with van der Waals surface area (Å²) in [6.07, 6.45) is 2.87. The average Bonchev–Trinajstić information content (AvgIpc) is 2.70. The van der Waals surface area contributed by atoms with Crippen LogP contribution in [-0.2, 0) is 10.5 Å². The molecule has 0 heterocycles. The number of carbonyl (C=O) groups excluding carboxylic acids is 1. The Kier molecular flexibility index (Phi) is 6.95. The van der Waals surface area contributed by atoms with Gasteiger partial charge in [0.15, 0.2) is 0 Å². The lowest BCUT2D eigenvalue weighted by Gasteiger charge is -2.29. The van der Waals surface area contributed by atoms with Gasteiger partial charge in [0.2, 0.25) is 0 Å². The molecule has 0 radical (unpaired) electrons. The van der Waals surface area contributed by atoms with Crippen molar-refractivity contribution in [1.29, 1.82) is 0 Å². The maximum absolute atomic E-state index is 12.5. The molecule has 9 nitrogen and oxygen atoms in total. The fraction of sp³-hybridized carbons (Fsp3) is 0.300. The van der Waals surface area contributed by atoms with Crippen LogP contribution in [-0.4, -0.2) is 37.7 Å². The Balaban J connectivity index is 1.42. The zero-order valence-corrected chi connectivity index (χ0v) is 17.1. The molecule has 2 aromatic rings. The van der Waals surface area contributed by atoms with E-state index in [0.29, 0.717) is 24.3 Å². The predicted molar refractivity (Wildman–Crippen MR) is 109 cm³/mol. The van der Waals surface area contributed by atoms with Gasteiger partial charge in [0, 0.05) is 11.7 Å². The number of urea groups is 1. The maximum atomic E-state index is 12.5. The summed E-state index contributed by atoms with van der Waals surface area (Å²) < 4.78 is 43.4. The van der Waals surface area contributed by atoms with Crippen molar-refractivity contribution < 1.29 is 35.9 Å². The third-order valence-corrected chi connectivity index (χ3v) is 5.11. The van der Waals surface area contributed by atoms with E-state index in [-0.39, 0.29) is 23.5 Å². The summed E-state index contributed by atoms with van der Waals surface area (Å²) in [6, 6.07) is 11.0. The lowest BCUT2D eigenvalue weighted by molar-refractivity contribution is 0.0696. The molecular weight excluding hydrogens is 431 g/mol. The smallest absolute Gasteiger partial charge is 0.488 e. The van der Waals surface area contributed by atoms with Crippen molar-refractivity contribution in [3.63, 3.8) is 0 Å². The molecule has 0 aromatic heterocycles. The highest BCUT2D eigenvalue weighted by atomic mass is 32.3. The SMILES string of the molecule is O=C(Nc1ccc(OS(=O)(=O)F)cc1)N[C@H]1CC[C@@H](Oc2ccc(C(=O)O)cc2)CC1. The van der Waals surface area contributed by atoms with E-state index >= 15 is 0 Å². The minimum absolute atomic E-state index is 0.0175. The van der Waals surface area contributed by atoms with E-state index in [9.17, 15) is 21.9 Å². The zero-order chi connectivity index (χ0) is 22.4. The van der Waals surface area contributed by atoms with Crippen LogP contribution in [0.1, 0.15) is 36.0 Å². The standard InChI is InChI=1S/C20H21FN2O7S/c21-31(27,28)30-18-11-5-15(6-12-18)23-20(26)22-14-3-9-17(10-4-14)29-16-7-1-13(2-8-16)19(24)25/h1-2,5-8,11-12,14,17H,3-4,9-10H2,(H,24,25)(H2,22,23,26)/t14-,17+. The number of amides is 2. The first kappa shape index (κ1) is 22.3. The van der Waals surface area contributed by atoms with Crippen molar-refractivity contribution in [3.05, 3.63) is 54.1 Å². The molecule has 11 heteroatoms. The lowest BCUT2D eigenvalue weighted by Crippen LogP contribution is -2.41. The number of aromatic carboxylic acids is 1. The number of hydrogen-bond donors (Lipinski definition) is 3. The van der Waals surface area contributed by atoms with Crippen molar-refractivity contribution in [3.8, 4) is 11.5 Å². The Hall–Kier alpha value is -3.34. The quantitative estimate of drug-likeness (QED) is 0.548. The van der Waals surface area contributed by atoms with Crippen LogP contribution in [0.25, 0.3) is 0 Å². The molecule has 1 fully saturated rings. The highest BCUT2D eigenvalue weighted by Gasteiger charge is 2.24. The molecule has 0 saturated heterocycles. The third kappa shape index (κ3) is 7.14. The van der Waals surface area contributed by atoms with Gasteiger partial charge in [-0.25, -0.2) is 9.59 Å². The van der Waals surface area contributed by atoms with E-state index in [0.717, 1.165) is 12.8 Å². The second-order valence-electron chi connectivity index (χ2n) is 7.02. The zero-order valence-electron chi connectivity index (χ0n) is 16.3. The highest BCUT2D eigenvalue weighted by molar-refractivity contribution is 7.81. The number of rotatable bonds is 7. The monoisotopic (exact) mass is 452 g/mol. The normalized spacial score (nSPS) is 18.6. The number of ether oxygens (including phenoxy) is 1. The first-order valence-electron chi connectivity index (χ1n) is 9.49. The maximum Gasteiger partial charge on any atom is 0.488 e. The summed E-state index contributed by atoms with van der Waals surface area (Å²) in [5.41, 5.74) is 0.587. The molecule has 166 valence electrons. The molecular formula is C20H21FN2O7S. The number of carbonyl (C=O) groups is 2. The van der Waals surface area contributed by atoms with E-state index in [4.69, 9.17) is 9.84 Å². The Bertz CT molecular complexity index is 1020. The van der Waals surface area contributed by atoms with Gasteiger partial charge in [0.25, 0.3) is 0 Å². The van der Waals surface area contributed by atoms with Crippen LogP contribution in [0.2, 0.25) is 0 Å². The molecule has 1 aliphatic carbocycles. The van der Waals surface area contributed by atoms with Crippen LogP contribution in [0.4, 0.5) is 14.4 Å². The van der Waals surface area contributed by atoms with Crippen molar-refractivity contribution >= 4 is 28.2 Å². The van der Waals surface area contributed by atoms with Crippen molar-refractivity contribution in [2.45, 2.75) is 37.8 Å².